The Bertz CT molecular complexity index is 1300. The minimum atomic E-state index is -2.71. The van der Waals surface area contributed by atoms with Gasteiger partial charge in [-0.2, -0.15) is 9.97 Å². The number of nitrogens with zero attached hydrogens (tertiary/aromatic N) is 6. The summed E-state index contributed by atoms with van der Waals surface area (Å²) < 4.78 is 19.0. The predicted octanol–water partition coefficient (Wildman–Crippen LogP) is -1.89. The van der Waals surface area contributed by atoms with E-state index in [4.69, 9.17) is 25.8 Å². The number of halogens is 1. The number of Topliss-reactive ketones (excluding diaryl/α,β-unsaturated/α-hetero) is 1. The highest BCUT2D eigenvalue weighted by molar-refractivity contribution is 6.28. The molecule has 6 unspecified atom stereocenters. The molecule has 1 aliphatic heterocycles. The van der Waals surface area contributed by atoms with Crippen molar-refractivity contribution >= 4 is 34.5 Å². The van der Waals surface area contributed by atoms with Gasteiger partial charge in [0.2, 0.25) is 16.9 Å². The fourth-order valence-corrected chi connectivity index (χ4v) is 4.26. The summed E-state index contributed by atoms with van der Waals surface area (Å²) in [6, 6.07) is 0. The van der Waals surface area contributed by atoms with Crippen LogP contribution >= 0.6 is 11.6 Å². The first-order valence-corrected chi connectivity index (χ1v) is 11.2. The first-order chi connectivity index (χ1) is 17.1. The van der Waals surface area contributed by atoms with Crippen LogP contribution < -0.4 is 0 Å². The minimum absolute atomic E-state index is 0.0357. The van der Waals surface area contributed by atoms with Crippen molar-refractivity contribution in [3.63, 3.8) is 0 Å². The van der Waals surface area contributed by atoms with Crippen molar-refractivity contribution in [2.45, 2.75) is 43.4 Å². The molecule has 0 radical (unpaired) electrons. The van der Waals surface area contributed by atoms with E-state index in [0.717, 1.165) is 0 Å². The van der Waals surface area contributed by atoms with Crippen LogP contribution in [0.5, 0.6) is 0 Å². The third-order valence-corrected chi connectivity index (χ3v) is 6.16. The maximum atomic E-state index is 12.2. The Morgan fingerprint density at radius 3 is 2.67 bits per heavy atom. The Balaban J connectivity index is 1.37. The van der Waals surface area contributed by atoms with E-state index in [-0.39, 0.29) is 17.5 Å². The number of esters is 1. The smallest absolute Gasteiger partial charge is 0.336 e. The average molecular weight is 525 g/mol. The molecule has 192 valence electrons. The maximum absolute atomic E-state index is 12.2. The van der Waals surface area contributed by atoms with Crippen LogP contribution in [0.2, 0.25) is 5.28 Å². The summed E-state index contributed by atoms with van der Waals surface area (Å²) in [4.78, 5) is 40.6. The molecule has 1 saturated heterocycles. The normalized spacial score (nSPS) is 27.9. The van der Waals surface area contributed by atoms with Crippen LogP contribution in [-0.2, 0) is 23.8 Å². The van der Waals surface area contributed by atoms with Gasteiger partial charge in [0, 0.05) is 12.4 Å². The van der Waals surface area contributed by atoms with E-state index in [1.165, 1.54) is 24.1 Å². The zero-order valence-electron chi connectivity index (χ0n) is 18.6. The van der Waals surface area contributed by atoms with Crippen LogP contribution in [0.25, 0.3) is 17.0 Å². The number of ether oxygens (including phenoxy) is 3. The summed E-state index contributed by atoms with van der Waals surface area (Å²) in [5, 5.41) is 40.5. The molecule has 0 aromatic carbocycles. The maximum Gasteiger partial charge on any atom is 0.336 e. The van der Waals surface area contributed by atoms with Gasteiger partial charge >= 0.3 is 5.97 Å². The minimum Gasteiger partial charge on any atom is -0.464 e. The Morgan fingerprint density at radius 2 is 2.03 bits per heavy atom. The van der Waals surface area contributed by atoms with Crippen LogP contribution in [-0.4, -0.2) is 105 Å². The number of carbonyl (C=O) groups is 2. The Kier molecular flexibility index (Phi) is 6.24. The molecule has 36 heavy (non-hydrogen) atoms. The summed E-state index contributed by atoms with van der Waals surface area (Å²) >= 11 is 6.10. The number of aliphatic hydroxyl groups excluding tert-OH is 2. The van der Waals surface area contributed by atoms with Gasteiger partial charge in [0.25, 0.3) is 0 Å². The fraction of sp³-hybridized carbons (Fsp3) is 0.500. The van der Waals surface area contributed by atoms with E-state index in [2.05, 4.69) is 19.9 Å². The Hall–Kier alpha value is -3.05. The van der Waals surface area contributed by atoms with Gasteiger partial charge in [0.15, 0.2) is 29.3 Å². The quantitative estimate of drug-likeness (QED) is 0.145. The molecule has 2 aliphatic rings. The van der Waals surface area contributed by atoms with Gasteiger partial charge in [-0.3, -0.25) is 13.9 Å². The summed E-state index contributed by atoms with van der Waals surface area (Å²) in [6.07, 6.45) is -0.957. The lowest BCUT2D eigenvalue weighted by Gasteiger charge is -2.20. The van der Waals surface area contributed by atoms with Crippen LogP contribution in [0.15, 0.2) is 25.0 Å². The van der Waals surface area contributed by atoms with Crippen molar-refractivity contribution in [3.05, 3.63) is 30.3 Å². The molecule has 0 bridgehead atoms. The molecule has 16 heteroatoms. The zero-order chi connectivity index (χ0) is 25.8. The average Bonchev–Trinajstić information content (AvgIpc) is 3.37. The third kappa shape index (κ3) is 4.03. The van der Waals surface area contributed by atoms with Gasteiger partial charge in [-0.25, -0.2) is 14.8 Å². The highest BCUT2D eigenvalue weighted by Crippen LogP contribution is 2.41. The number of hydrogen-bond donors (Lipinski definition) is 4. The van der Waals surface area contributed by atoms with Crippen molar-refractivity contribution in [1.82, 2.24) is 29.1 Å². The summed E-state index contributed by atoms with van der Waals surface area (Å²) in [5.74, 6) is -5.91. The lowest BCUT2D eigenvalue weighted by atomic mass is 10.1. The molecule has 6 atom stereocenters. The Labute approximate surface area is 206 Å². The second-order valence-corrected chi connectivity index (χ2v) is 8.57. The molecular formula is C20H21ClN6O9. The zero-order valence-corrected chi connectivity index (χ0v) is 19.3. The van der Waals surface area contributed by atoms with Crippen molar-refractivity contribution in [3.8, 4) is 5.82 Å². The molecule has 1 aliphatic carbocycles. The van der Waals surface area contributed by atoms with Crippen molar-refractivity contribution in [1.29, 1.82) is 0 Å². The van der Waals surface area contributed by atoms with Gasteiger partial charge in [0.1, 0.15) is 30.6 Å². The molecule has 0 spiro atoms. The number of fused-ring (bicyclic) bond motifs is 1. The molecule has 3 aromatic heterocycles. The van der Waals surface area contributed by atoms with Gasteiger partial charge in [-0.05, 0) is 18.5 Å². The van der Waals surface area contributed by atoms with Crippen molar-refractivity contribution in [2.24, 2.45) is 5.92 Å². The first-order valence-electron chi connectivity index (χ1n) is 10.8. The lowest BCUT2D eigenvalue weighted by molar-refractivity contribution is -0.170. The van der Waals surface area contributed by atoms with Crippen LogP contribution in [0.3, 0.4) is 0 Å². The van der Waals surface area contributed by atoms with E-state index in [9.17, 15) is 30.0 Å². The first kappa shape index (κ1) is 24.6. The highest BCUT2D eigenvalue weighted by Gasteiger charge is 2.70. The SMILES string of the molecule is CCOC(=O)C(OCC1OC(n2cnc3c(-n4ccnc4)nc(Cl)nc32)C(O)C1O)C1C(=O)C1(O)O. The van der Waals surface area contributed by atoms with Crippen LogP contribution in [0.1, 0.15) is 13.2 Å². The number of rotatable bonds is 8. The molecule has 3 aromatic rings. The number of hydrogen-bond acceptors (Lipinski definition) is 13. The van der Waals surface area contributed by atoms with Crippen molar-refractivity contribution < 1.29 is 44.2 Å². The third-order valence-electron chi connectivity index (χ3n) is 5.99. The fourth-order valence-electron chi connectivity index (χ4n) is 4.10. The lowest BCUT2D eigenvalue weighted by Crippen LogP contribution is -2.38. The van der Waals surface area contributed by atoms with E-state index in [1.54, 1.807) is 17.0 Å². The molecule has 0 amide bonds. The van der Waals surface area contributed by atoms with Crippen LogP contribution in [0.4, 0.5) is 0 Å². The van der Waals surface area contributed by atoms with E-state index >= 15 is 0 Å². The van der Waals surface area contributed by atoms with Crippen LogP contribution in [0, 0.1) is 5.92 Å². The molecule has 1 saturated carbocycles. The second kappa shape index (κ2) is 9.11. The molecule has 5 rings (SSSR count). The number of aromatic nitrogens is 6. The number of carbonyl (C=O) groups excluding carboxylic acids is 2. The second-order valence-electron chi connectivity index (χ2n) is 8.23. The summed E-state index contributed by atoms with van der Waals surface area (Å²) in [7, 11) is 0. The van der Waals surface area contributed by atoms with E-state index in [1.807, 2.05) is 0 Å². The molecule has 4 heterocycles. The summed E-state index contributed by atoms with van der Waals surface area (Å²) in [6.45, 7) is 1.01. The van der Waals surface area contributed by atoms with E-state index < -0.39 is 60.7 Å². The summed E-state index contributed by atoms with van der Waals surface area (Å²) in [5.41, 5.74) is 0.522. The van der Waals surface area contributed by atoms with Gasteiger partial charge in [0.05, 0.1) is 19.5 Å². The molecule has 15 nitrogen and oxygen atoms in total. The predicted molar refractivity (Wildman–Crippen MR) is 115 cm³/mol. The van der Waals surface area contributed by atoms with Crippen molar-refractivity contribution in [2.75, 3.05) is 13.2 Å². The standard InChI is InChI=1S/C20H21ClN6O9/c1-2-34-18(31)13(9-14(30)20(9,32)33)35-5-8-11(28)12(29)17(36-8)27-7-23-10-15(26-4-3-22-6-26)24-19(21)25-16(10)27/h3-4,6-9,11-13,17,28-29,32-33H,2,5H2,1H3. The highest BCUT2D eigenvalue weighted by atomic mass is 35.5. The number of ketones is 1. The largest absolute Gasteiger partial charge is 0.464 e. The monoisotopic (exact) mass is 524 g/mol. The van der Waals surface area contributed by atoms with Gasteiger partial charge < -0.3 is 34.6 Å². The van der Waals surface area contributed by atoms with Gasteiger partial charge in [-0.1, -0.05) is 0 Å². The topological polar surface area (TPSA) is 204 Å². The Morgan fingerprint density at radius 1 is 1.28 bits per heavy atom. The van der Waals surface area contributed by atoms with E-state index in [0.29, 0.717) is 11.3 Å². The molecule has 2 fully saturated rings. The number of imidazole rings is 2. The number of aliphatic hydroxyl groups is 4. The molecule has 4 N–H and O–H groups in total. The van der Waals surface area contributed by atoms with Gasteiger partial charge in [-0.15, -0.1) is 0 Å². The molecular weight excluding hydrogens is 504 g/mol.